The van der Waals surface area contributed by atoms with Gasteiger partial charge in [-0.2, -0.15) is 5.10 Å². The van der Waals surface area contributed by atoms with Crippen LogP contribution in [0.5, 0.6) is 5.75 Å². The van der Waals surface area contributed by atoms with Gasteiger partial charge in [0.25, 0.3) is 5.91 Å². The van der Waals surface area contributed by atoms with Gasteiger partial charge in [-0.05, 0) is 54.1 Å². The van der Waals surface area contributed by atoms with Crippen molar-refractivity contribution < 1.29 is 14.3 Å². The first kappa shape index (κ1) is 24.1. The highest BCUT2D eigenvalue weighted by atomic mass is 32.2. The number of nitrogens with zero attached hydrogens (tertiary/aromatic N) is 5. The summed E-state index contributed by atoms with van der Waals surface area (Å²) in [5.41, 5.74) is 3.47. The number of hydrogen-bond acceptors (Lipinski definition) is 7. The molecule has 2 aromatic carbocycles. The van der Waals surface area contributed by atoms with Crippen molar-refractivity contribution >= 4 is 40.6 Å². The highest BCUT2D eigenvalue weighted by Crippen LogP contribution is 2.20. The minimum Gasteiger partial charge on any atom is -0.489 e. The summed E-state index contributed by atoms with van der Waals surface area (Å²) in [6, 6.07) is 20.3. The first-order valence-corrected chi connectivity index (χ1v) is 12.4. The molecule has 2 N–H and O–H groups in total. The van der Waals surface area contributed by atoms with E-state index in [1.807, 2.05) is 53.1 Å². The van der Waals surface area contributed by atoms with Gasteiger partial charge in [0.1, 0.15) is 12.4 Å². The lowest BCUT2D eigenvalue weighted by Gasteiger charge is -2.10. The summed E-state index contributed by atoms with van der Waals surface area (Å²) >= 11 is 1.32. The van der Waals surface area contributed by atoms with E-state index in [1.165, 1.54) is 18.0 Å². The normalized spacial score (nSPS) is 10.8. The molecule has 5 aromatic rings. The molecule has 0 saturated heterocycles. The van der Waals surface area contributed by atoms with Gasteiger partial charge in [-0.15, -0.1) is 10.2 Å². The van der Waals surface area contributed by atoms with E-state index in [2.05, 4.69) is 25.9 Å². The zero-order chi connectivity index (χ0) is 25.6. The minimum absolute atomic E-state index is 0.139. The predicted molar refractivity (Wildman–Crippen MR) is 141 cm³/mol. The fraction of sp³-hybridized carbons (Fsp3) is 0.115. The highest BCUT2D eigenvalue weighted by Gasteiger charge is 2.10. The van der Waals surface area contributed by atoms with E-state index in [0.29, 0.717) is 34.5 Å². The Balaban J connectivity index is 1.11. The molecule has 186 valence electrons. The van der Waals surface area contributed by atoms with E-state index >= 15 is 0 Å². The van der Waals surface area contributed by atoms with E-state index in [1.54, 1.807) is 42.2 Å². The molecular formula is C26H23N7O3S. The van der Waals surface area contributed by atoms with Crippen LogP contribution in [0, 0.1) is 0 Å². The number of anilines is 2. The Kier molecular flexibility index (Phi) is 7.13. The molecule has 0 saturated carbocycles. The third-order valence-corrected chi connectivity index (χ3v) is 6.25. The first-order valence-electron chi connectivity index (χ1n) is 11.4. The Morgan fingerprint density at radius 2 is 1.84 bits per heavy atom. The molecule has 0 radical (unpaired) electrons. The number of hydrogen-bond donors (Lipinski definition) is 2. The van der Waals surface area contributed by atoms with Gasteiger partial charge >= 0.3 is 0 Å². The number of carbonyl (C=O) groups excluding carboxylic acids is 2. The van der Waals surface area contributed by atoms with Crippen LogP contribution in [0.3, 0.4) is 0 Å². The summed E-state index contributed by atoms with van der Waals surface area (Å²) < 4.78 is 9.30. The number of nitrogens with one attached hydrogen (secondary N) is 2. The number of rotatable bonds is 9. The fourth-order valence-corrected chi connectivity index (χ4v) is 4.25. The largest absolute Gasteiger partial charge is 0.489 e. The van der Waals surface area contributed by atoms with Crippen LogP contribution in [-0.4, -0.2) is 41.9 Å². The number of carbonyl (C=O) groups is 2. The maximum atomic E-state index is 12.5. The van der Waals surface area contributed by atoms with Crippen LogP contribution in [0.2, 0.25) is 0 Å². The molecule has 0 bridgehead atoms. The number of benzene rings is 2. The van der Waals surface area contributed by atoms with Crippen LogP contribution in [0.1, 0.15) is 15.9 Å². The second kappa shape index (κ2) is 11.0. The number of amides is 2. The highest BCUT2D eigenvalue weighted by molar-refractivity contribution is 7.99. The Morgan fingerprint density at radius 1 is 0.973 bits per heavy atom. The topological polar surface area (TPSA) is 115 Å². The van der Waals surface area contributed by atoms with Crippen molar-refractivity contribution in [2.24, 2.45) is 7.05 Å². The molecule has 0 aliphatic heterocycles. The number of aryl methyl sites for hydroxylation is 1. The first-order chi connectivity index (χ1) is 18.0. The molecule has 3 aromatic heterocycles. The molecule has 0 spiro atoms. The summed E-state index contributed by atoms with van der Waals surface area (Å²) in [5.74, 6) is 0.499. The molecule has 3 heterocycles. The smallest absolute Gasteiger partial charge is 0.258 e. The lowest BCUT2D eigenvalue weighted by Crippen LogP contribution is -2.14. The molecule has 10 nitrogen and oxygen atoms in total. The summed E-state index contributed by atoms with van der Waals surface area (Å²) in [4.78, 5) is 24.7. The third kappa shape index (κ3) is 6.14. The van der Waals surface area contributed by atoms with E-state index in [9.17, 15) is 9.59 Å². The van der Waals surface area contributed by atoms with E-state index in [4.69, 9.17) is 4.74 Å². The van der Waals surface area contributed by atoms with Crippen molar-refractivity contribution in [2.75, 3.05) is 16.4 Å². The molecular weight excluding hydrogens is 490 g/mol. The van der Waals surface area contributed by atoms with Gasteiger partial charge in [0.05, 0.1) is 17.5 Å². The summed E-state index contributed by atoms with van der Waals surface area (Å²) in [5, 5.41) is 18.6. The number of aromatic nitrogens is 5. The monoisotopic (exact) mass is 513 g/mol. The van der Waals surface area contributed by atoms with Crippen LogP contribution in [0.4, 0.5) is 11.4 Å². The quantitative estimate of drug-likeness (QED) is 0.286. The standard InChI is InChI=1S/C26H23N7O3S/c1-32-15-19(14-27-32)25(35)29-20-8-10-22(11-9-20)36-16-18-5-4-6-21(13-18)28-24(34)17-37-26-31-30-23-7-2-3-12-33(23)26/h2-15H,16-17H2,1H3,(H,28,34)(H,29,35). The number of fused-ring (bicyclic) bond motifs is 1. The van der Waals surface area contributed by atoms with Crippen molar-refractivity contribution in [3.05, 3.63) is 96.4 Å². The molecule has 11 heteroatoms. The molecule has 0 unspecified atom stereocenters. The van der Waals surface area contributed by atoms with Crippen LogP contribution in [0.25, 0.3) is 5.65 Å². The molecule has 0 aliphatic rings. The Bertz CT molecular complexity index is 1550. The number of ether oxygens (including phenoxy) is 1. The zero-order valence-electron chi connectivity index (χ0n) is 19.9. The Labute approximate surface area is 216 Å². The van der Waals surface area contributed by atoms with Gasteiger partial charge in [0.2, 0.25) is 5.91 Å². The van der Waals surface area contributed by atoms with Crippen LogP contribution >= 0.6 is 11.8 Å². The average Bonchev–Trinajstić information content (AvgIpc) is 3.53. The maximum Gasteiger partial charge on any atom is 0.258 e. The summed E-state index contributed by atoms with van der Waals surface area (Å²) in [6.07, 6.45) is 5.03. The second-order valence-electron chi connectivity index (χ2n) is 8.12. The molecule has 0 fully saturated rings. The van der Waals surface area contributed by atoms with Crippen molar-refractivity contribution in [3.8, 4) is 5.75 Å². The van der Waals surface area contributed by atoms with Crippen LogP contribution in [0.15, 0.2) is 90.5 Å². The molecule has 5 rings (SSSR count). The van der Waals surface area contributed by atoms with E-state index in [0.717, 1.165) is 11.2 Å². The van der Waals surface area contributed by atoms with Crippen molar-refractivity contribution in [1.29, 1.82) is 0 Å². The average molecular weight is 514 g/mol. The van der Waals surface area contributed by atoms with Crippen molar-refractivity contribution in [1.82, 2.24) is 24.4 Å². The fourth-order valence-electron chi connectivity index (χ4n) is 3.53. The molecule has 37 heavy (non-hydrogen) atoms. The summed E-state index contributed by atoms with van der Waals surface area (Å²) in [7, 11) is 1.76. The van der Waals surface area contributed by atoms with Crippen LogP contribution < -0.4 is 15.4 Å². The van der Waals surface area contributed by atoms with E-state index in [-0.39, 0.29) is 17.6 Å². The molecule has 0 aliphatic carbocycles. The SMILES string of the molecule is Cn1cc(C(=O)Nc2ccc(OCc3cccc(NC(=O)CSc4nnc5ccccn45)c3)cc2)cn1. The van der Waals surface area contributed by atoms with Crippen molar-refractivity contribution in [3.63, 3.8) is 0 Å². The minimum atomic E-state index is -0.228. The second-order valence-corrected chi connectivity index (χ2v) is 9.06. The molecule has 0 atom stereocenters. The molecule has 2 amide bonds. The van der Waals surface area contributed by atoms with Gasteiger partial charge < -0.3 is 15.4 Å². The zero-order valence-corrected chi connectivity index (χ0v) is 20.7. The Hall–Kier alpha value is -4.64. The number of pyridine rings is 1. The van der Waals surface area contributed by atoms with Gasteiger partial charge in [-0.3, -0.25) is 18.7 Å². The van der Waals surface area contributed by atoms with E-state index < -0.39 is 0 Å². The van der Waals surface area contributed by atoms with Gasteiger partial charge in [0.15, 0.2) is 10.8 Å². The lowest BCUT2D eigenvalue weighted by molar-refractivity contribution is -0.113. The third-order valence-electron chi connectivity index (χ3n) is 5.31. The van der Waals surface area contributed by atoms with Gasteiger partial charge in [-0.1, -0.05) is 30.0 Å². The lowest BCUT2D eigenvalue weighted by atomic mass is 10.2. The van der Waals surface area contributed by atoms with Crippen LogP contribution in [-0.2, 0) is 18.4 Å². The maximum absolute atomic E-state index is 12.5. The number of thioether (sulfide) groups is 1. The van der Waals surface area contributed by atoms with Gasteiger partial charge in [-0.25, -0.2) is 0 Å². The van der Waals surface area contributed by atoms with Crippen molar-refractivity contribution in [2.45, 2.75) is 11.8 Å². The van der Waals surface area contributed by atoms with Gasteiger partial charge in [0, 0.05) is 30.8 Å². The summed E-state index contributed by atoms with van der Waals surface area (Å²) in [6.45, 7) is 0.325. The Morgan fingerprint density at radius 3 is 2.65 bits per heavy atom. The predicted octanol–water partition coefficient (Wildman–Crippen LogP) is 4.02.